The van der Waals surface area contributed by atoms with E-state index in [4.69, 9.17) is 9.84 Å². The summed E-state index contributed by atoms with van der Waals surface area (Å²) in [7, 11) is 1.66. The van der Waals surface area contributed by atoms with Gasteiger partial charge in [-0.1, -0.05) is 13.8 Å². The van der Waals surface area contributed by atoms with E-state index in [-0.39, 0.29) is 12.0 Å². The van der Waals surface area contributed by atoms with E-state index in [0.29, 0.717) is 0 Å². The Kier molecular flexibility index (Phi) is 5.57. The number of aliphatic hydroxyl groups excluding tert-OH is 1. The number of methoxy groups -OCH3 is 1. The molecule has 0 saturated heterocycles. The summed E-state index contributed by atoms with van der Waals surface area (Å²) in [6.07, 6.45) is 2.64. The maximum atomic E-state index is 9.07. The number of aromatic nitrogens is 2. The smallest absolute Gasteiger partial charge is 0.118 e. The molecule has 0 spiro atoms. The third-order valence-electron chi connectivity index (χ3n) is 3.80. The van der Waals surface area contributed by atoms with Crippen LogP contribution in [0.1, 0.15) is 25.8 Å². The Morgan fingerprint density at radius 1 is 1.27 bits per heavy atom. The van der Waals surface area contributed by atoms with Crippen LogP contribution in [0.3, 0.4) is 0 Å². The first-order chi connectivity index (χ1) is 10.6. The van der Waals surface area contributed by atoms with Crippen molar-refractivity contribution in [3.63, 3.8) is 0 Å². The third-order valence-corrected chi connectivity index (χ3v) is 3.80. The summed E-state index contributed by atoms with van der Waals surface area (Å²) in [5.74, 6) is 0.841. The first-order valence-electron chi connectivity index (χ1n) is 7.54. The molecule has 1 aromatic carbocycles. The van der Waals surface area contributed by atoms with E-state index in [1.54, 1.807) is 7.11 Å². The Morgan fingerprint density at radius 2 is 2.00 bits per heavy atom. The molecule has 0 atom stereocenters. The van der Waals surface area contributed by atoms with E-state index in [1.807, 2.05) is 30.5 Å². The monoisotopic (exact) mass is 303 g/mol. The van der Waals surface area contributed by atoms with E-state index in [2.05, 4.69) is 29.4 Å². The number of ether oxygens (including phenoxy) is 1. The van der Waals surface area contributed by atoms with Gasteiger partial charge in [0.2, 0.25) is 0 Å². The zero-order valence-electron chi connectivity index (χ0n) is 13.5. The minimum Gasteiger partial charge on any atom is -0.497 e. The second-order valence-electron chi connectivity index (χ2n) is 6.24. The summed E-state index contributed by atoms with van der Waals surface area (Å²) in [4.78, 5) is 0. The number of H-pyrrole nitrogens is 1. The van der Waals surface area contributed by atoms with E-state index in [1.165, 1.54) is 0 Å². The second kappa shape index (κ2) is 7.42. The predicted octanol–water partition coefficient (Wildman–Crippen LogP) is 2.58. The SMILES string of the molecule is COc1ccc(-c2[nH]ncc2CNCC(C)(C)CCO)cc1. The maximum Gasteiger partial charge on any atom is 0.118 e. The maximum absolute atomic E-state index is 9.07. The van der Waals surface area contributed by atoms with Crippen LogP contribution in [0.2, 0.25) is 0 Å². The molecular weight excluding hydrogens is 278 g/mol. The van der Waals surface area contributed by atoms with Crippen molar-refractivity contribution in [2.45, 2.75) is 26.8 Å². The molecule has 5 nitrogen and oxygen atoms in total. The third kappa shape index (κ3) is 4.32. The molecule has 0 bridgehead atoms. The van der Waals surface area contributed by atoms with Crippen LogP contribution in [0.4, 0.5) is 0 Å². The molecule has 1 heterocycles. The Hall–Kier alpha value is -1.85. The minimum absolute atomic E-state index is 0.0821. The van der Waals surface area contributed by atoms with Gasteiger partial charge in [-0.3, -0.25) is 5.10 Å². The van der Waals surface area contributed by atoms with Crippen molar-refractivity contribution in [3.05, 3.63) is 36.0 Å². The van der Waals surface area contributed by atoms with Gasteiger partial charge in [0.1, 0.15) is 5.75 Å². The van der Waals surface area contributed by atoms with Crippen molar-refractivity contribution < 1.29 is 9.84 Å². The fourth-order valence-corrected chi connectivity index (χ4v) is 2.38. The topological polar surface area (TPSA) is 70.2 Å². The summed E-state index contributed by atoms with van der Waals surface area (Å²) in [5.41, 5.74) is 3.32. The molecule has 0 aliphatic rings. The van der Waals surface area contributed by atoms with Crippen LogP contribution in [0.15, 0.2) is 30.5 Å². The normalized spacial score (nSPS) is 11.6. The zero-order chi connectivity index (χ0) is 16.0. The number of aliphatic hydroxyl groups is 1. The molecule has 0 amide bonds. The fraction of sp³-hybridized carbons (Fsp3) is 0.471. The summed E-state index contributed by atoms with van der Waals surface area (Å²) in [6.45, 7) is 6.11. The first-order valence-corrected chi connectivity index (χ1v) is 7.54. The number of nitrogens with one attached hydrogen (secondary N) is 2. The lowest BCUT2D eigenvalue weighted by Gasteiger charge is -2.23. The molecule has 3 N–H and O–H groups in total. The van der Waals surface area contributed by atoms with Gasteiger partial charge in [0.15, 0.2) is 0 Å². The molecule has 2 aromatic rings. The zero-order valence-corrected chi connectivity index (χ0v) is 13.5. The lowest BCUT2D eigenvalue weighted by atomic mass is 9.90. The van der Waals surface area contributed by atoms with Gasteiger partial charge in [-0.25, -0.2) is 0 Å². The number of hydrogen-bond acceptors (Lipinski definition) is 4. The molecule has 1 aromatic heterocycles. The Balaban J connectivity index is 2.00. The van der Waals surface area contributed by atoms with Gasteiger partial charge >= 0.3 is 0 Å². The van der Waals surface area contributed by atoms with Crippen molar-refractivity contribution >= 4 is 0 Å². The molecule has 0 fully saturated rings. The Morgan fingerprint density at radius 3 is 2.64 bits per heavy atom. The number of rotatable bonds is 8. The largest absolute Gasteiger partial charge is 0.497 e. The van der Waals surface area contributed by atoms with Crippen LogP contribution in [0, 0.1) is 5.41 Å². The number of aromatic amines is 1. The lowest BCUT2D eigenvalue weighted by molar-refractivity contribution is 0.207. The summed E-state index contributed by atoms with van der Waals surface area (Å²) >= 11 is 0. The highest BCUT2D eigenvalue weighted by Gasteiger charge is 2.17. The Bertz CT molecular complexity index is 576. The predicted molar refractivity (Wildman–Crippen MR) is 87.8 cm³/mol. The molecule has 22 heavy (non-hydrogen) atoms. The molecule has 0 radical (unpaired) electrons. The highest BCUT2D eigenvalue weighted by molar-refractivity contribution is 5.63. The van der Waals surface area contributed by atoms with Gasteiger partial charge in [0, 0.05) is 30.8 Å². The first kappa shape index (κ1) is 16.5. The molecule has 120 valence electrons. The highest BCUT2D eigenvalue weighted by atomic mass is 16.5. The number of benzene rings is 1. The van der Waals surface area contributed by atoms with Crippen molar-refractivity contribution in [2.75, 3.05) is 20.3 Å². The summed E-state index contributed by atoms with van der Waals surface area (Å²) in [6, 6.07) is 7.92. The molecule has 0 aliphatic heterocycles. The molecular formula is C17H25N3O2. The van der Waals surface area contributed by atoms with Crippen LogP contribution in [-0.4, -0.2) is 35.6 Å². The van der Waals surface area contributed by atoms with Crippen LogP contribution in [0.5, 0.6) is 5.75 Å². The average molecular weight is 303 g/mol. The van der Waals surface area contributed by atoms with Crippen molar-refractivity contribution in [1.29, 1.82) is 0 Å². The quantitative estimate of drug-likeness (QED) is 0.701. The Labute approximate surface area is 131 Å². The lowest BCUT2D eigenvalue weighted by Crippen LogP contribution is -2.29. The van der Waals surface area contributed by atoms with Gasteiger partial charge in [0.05, 0.1) is 19.0 Å². The average Bonchev–Trinajstić information content (AvgIpc) is 2.95. The van der Waals surface area contributed by atoms with E-state index in [0.717, 1.165) is 42.1 Å². The number of hydrogen-bond donors (Lipinski definition) is 3. The van der Waals surface area contributed by atoms with Gasteiger partial charge in [-0.05, 0) is 36.1 Å². The van der Waals surface area contributed by atoms with Crippen LogP contribution in [0.25, 0.3) is 11.3 Å². The van der Waals surface area contributed by atoms with Crippen molar-refractivity contribution in [3.8, 4) is 17.0 Å². The fourth-order valence-electron chi connectivity index (χ4n) is 2.38. The molecule has 5 heteroatoms. The van der Waals surface area contributed by atoms with Gasteiger partial charge in [-0.15, -0.1) is 0 Å². The molecule has 0 unspecified atom stereocenters. The molecule has 0 saturated carbocycles. The van der Waals surface area contributed by atoms with Gasteiger partial charge in [-0.2, -0.15) is 5.10 Å². The van der Waals surface area contributed by atoms with Crippen LogP contribution in [-0.2, 0) is 6.54 Å². The minimum atomic E-state index is 0.0821. The summed E-state index contributed by atoms with van der Waals surface area (Å²) in [5, 5.41) is 19.7. The van der Waals surface area contributed by atoms with Crippen molar-refractivity contribution in [1.82, 2.24) is 15.5 Å². The van der Waals surface area contributed by atoms with Crippen LogP contribution < -0.4 is 10.1 Å². The summed E-state index contributed by atoms with van der Waals surface area (Å²) < 4.78 is 5.18. The van der Waals surface area contributed by atoms with E-state index in [9.17, 15) is 0 Å². The molecule has 0 aliphatic carbocycles. The van der Waals surface area contributed by atoms with E-state index < -0.39 is 0 Å². The molecule has 2 rings (SSSR count). The highest BCUT2D eigenvalue weighted by Crippen LogP contribution is 2.24. The van der Waals surface area contributed by atoms with E-state index >= 15 is 0 Å². The second-order valence-corrected chi connectivity index (χ2v) is 6.24. The standard InChI is InChI=1S/C17H25N3O2/c1-17(2,8-9-21)12-18-10-14-11-19-20-16(14)13-4-6-15(22-3)7-5-13/h4-7,11,18,21H,8-10,12H2,1-3H3,(H,19,20). The van der Waals surface area contributed by atoms with Crippen LogP contribution >= 0.6 is 0 Å². The number of nitrogens with zero attached hydrogens (tertiary/aromatic N) is 1. The van der Waals surface area contributed by atoms with Gasteiger partial charge in [0.25, 0.3) is 0 Å². The van der Waals surface area contributed by atoms with Gasteiger partial charge < -0.3 is 15.2 Å². The van der Waals surface area contributed by atoms with Crippen molar-refractivity contribution in [2.24, 2.45) is 5.41 Å².